The monoisotopic (exact) mass is 341 g/mol. The molecule has 0 aliphatic carbocycles. The summed E-state index contributed by atoms with van der Waals surface area (Å²) < 4.78 is 32.1. The van der Waals surface area contributed by atoms with E-state index in [2.05, 4.69) is 15.9 Å². The van der Waals surface area contributed by atoms with Crippen LogP contribution in [0.5, 0.6) is 0 Å². The summed E-state index contributed by atoms with van der Waals surface area (Å²) in [6, 6.07) is 7.74. The number of halogens is 3. The summed E-state index contributed by atoms with van der Waals surface area (Å²) in [5.74, 6) is -2.03. The lowest BCUT2D eigenvalue weighted by Crippen LogP contribution is -2.08. The molecule has 0 bridgehead atoms. The number of nitrogens with two attached hydrogens (primary N) is 1. The van der Waals surface area contributed by atoms with Crippen LogP contribution in [0.1, 0.15) is 15.9 Å². The number of rotatable bonds is 3. The molecular weight excluding hydrogens is 332 g/mol. The molecule has 0 fully saturated rings. The Balaban J connectivity index is 2.10. The highest BCUT2D eigenvalue weighted by atomic mass is 79.9. The van der Waals surface area contributed by atoms with E-state index in [0.717, 1.165) is 6.07 Å². The summed E-state index contributed by atoms with van der Waals surface area (Å²) >= 11 is 3.13. The molecule has 0 heterocycles. The van der Waals surface area contributed by atoms with Gasteiger partial charge in [-0.2, -0.15) is 0 Å². The van der Waals surface area contributed by atoms with Gasteiger partial charge in [0, 0.05) is 10.2 Å². The Morgan fingerprint density at radius 3 is 2.65 bits per heavy atom. The Morgan fingerprint density at radius 2 is 1.95 bits per heavy atom. The number of hydrogen-bond acceptors (Lipinski definition) is 3. The van der Waals surface area contributed by atoms with Crippen molar-refractivity contribution in [3.63, 3.8) is 0 Å². The van der Waals surface area contributed by atoms with Gasteiger partial charge >= 0.3 is 5.97 Å². The number of hydrogen-bond donors (Lipinski definition) is 1. The van der Waals surface area contributed by atoms with Crippen molar-refractivity contribution in [3.8, 4) is 0 Å². The number of ether oxygens (including phenoxy) is 1. The lowest BCUT2D eigenvalue weighted by Gasteiger charge is -2.07. The fourth-order valence-corrected chi connectivity index (χ4v) is 2.13. The minimum absolute atomic E-state index is 0.163. The van der Waals surface area contributed by atoms with Crippen molar-refractivity contribution in [1.29, 1.82) is 0 Å². The third-order valence-electron chi connectivity index (χ3n) is 2.50. The van der Waals surface area contributed by atoms with E-state index in [1.54, 1.807) is 6.07 Å². The van der Waals surface area contributed by atoms with Crippen LogP contribution >= 0.6 is 15.9 Å². The number of esters is 1. The maximum Gasteiger partial charge on any atom is 0.341 e. The molecule has 2 N–H and O–H groups in total. The summed E-state index contributed by atoms with van der Waals surface area (Å²) in [6.07, 6.45) is 0. The highest BCUT2D eigenvalue weighted by Gasteiger charge is 2.14. The Kier molecular flexibility index (Phi) is 4.34. The van der Waals surface area contributed by atoms with Gasteiger partial charge in [-0.3, -0.25) is 0 Å². The van der Waals surface area contributed by atoms with Gasteiger partial charge in [0.15, 0.2) is 0 Å². The second-order valence-corrected chi connectivity index (χ2v) is 5.01. The van der Waals surface area contributed by atoms with E-state index in [1.807, 2.05) is 0 Å². The highest BCUT2D eigenvalue weighted by molar-refractivity contribution is 9.10. The molecule has 2 rings (SSSR count). The molecule has 0 atom stereocenters. The van der Waals surface area contributed by atoms with Crippen LogP contribution < -0.4 is 5.73 Å². The SMILES string of the molecule is Nc1ccc(F)c(C(=O)OCc2cc(F)cc(Br)c2)c1. The van der Waals surface area contributed by atoms with E-state index < -0.39 is 17.6 Å². The Hall–Kier alpha value is -1.95. The fourth-order valence-electron chi connectivity index (χ4n) is 1.62. The van der Waals surface area contributed by atoms with E-state index in [1.165, 1.54) is 24.3 Å². The van der Waals surface area contributed by atoms with Gasteiger partial charge in [0.25, 0.3) is 0 Å². The first-order valence-corrected chi connectivity index (χ1v) is 6.42. The van der Waals surface area contributed by atoms with Crippen LogP contribution in [-0.4, -0.2) is 5.97 Å². The first-order valence-electron chi connectivity index (χ1n) is 5.63. The van der Waals surface area contributed by atoms with Crippen LogP contribution in [-0.2, 0) is 11.3 Å². The highest BCUT2D eigenvalue weighted by Crippen LogP contribution is 2.17. The van der Waals surface area contributed by atoms with E-state index in [9.17, 15) is 13.6 Å². The van der Waals surface area contributed by atoms with Crippen molar-refractivity contribution in [2.75, 3.05) is 5.73 Å². The van der Waals surface area contributed by atoms with Crippen LogP contribution in [0.4, 0.5) is 14.5 Å². The zero-order valence-corrected chi connectivity index (χ0v) is 11.8. The number of nitrogen functional groups attached to an aromatic ring is 1. The second-order valence-electron chi connectivity index (χ2n) is 4.09. The zero-order valence-electron chi connectivity index (χ0n) is 10.2. The first-order chi connectivity index (χ1) is 9.45. The molecular formula is C14H10BrF2NO2. The molecule has 0 aliphatic rings. The van der Waals surface area contributed by atoms with Crippen molar-refractivity contribution in [3.05, 3.63) is 63.6 Å². The first kappa shape index (κ1) is 14.5. The molecule has 20 heavy (non-hydrogen) atoms. The predicted octanol–water partition coefficient (Wildman–Crippen LogP) is 3.67. The topological polar surface area (TPSA) is 52.3 Å². The number of carbonyl (C=O) groups is 1. The lowest BCUT2D eigenvalue weighted by molar-refractivity contribution is 0.0467. The lowest BCUT2D eigenvalue weighted by atomic mass is 10.2. The molecule has 3 nitrogen and oxygen atoms in total. The second kappa shape index (κ2) is 6.00. The molecule has 0 spiro atoms. The van der Waals surface area contributed by atoms with Crippen molar-refractivity contribution in [2.45, 2.75) is 6.61 Å². The number of carbonyl (C=O) groups excluding carboxylic acids is 1. The van der Waals surface area contributed by atoms with Gasteiger partial charge < -0.3 is 10.5 Å². The van der Waals surface area contributed by atoms with E-state index in [0.29, 0.717) is 10.0 Å². The van der Waals surface area contributed by atoms with Crippen molar-refractivity contribution >= 4 is 27.6 Å². The Bertz CT molecular complexity index is 641. The van der Waals surface area contributed by atoms with Gasteiger partial charge in [0.2, 0.25) is 0 Å². The molecule has 104 valence electrons. The molecule has 0 unspecified atom stereocenters. The van der Waals surface area contributed by atoms with Crippen LogP contribution in [0.15, 0.2) is 40.9 Å². The maximum absolute atomic E-state index is 13.5. The van der Waals surface area contributed by atoms with Gasteiger partial charge in [-0.25, -0.2) is 13.6 Å². The number of benzene rings is 2. The normalized spacial score (nSPS) is 10.3. The molecule has 6 heteroatoms. The third kappa shape index (κ3) is 3.54. The molecule has 2 aromatic carbocycles. The van der Waals surface area contributed by atoms with Crippen LogP contribution in [0.2, 0.25) is 0 Å². The molecule has 0 radical (unpaired) electrons. The van der Waals surface area contributed by atoms with Crippen LogP contribution in [0, 0.1) is 11.6 Å². The molecule has 0 aromatic heterocycles. The van der Waals surface area contributed by atoms with Gasteiger partial charge in [0.1, 0.15) is 18.2 Å². The zero-order chi connectivity index (χ0) is 14.7. The average molecular weight is 342 g/mol. The smallest absolute Gasteiger partial charge is 0.341 e. The molecule has 0 saturated carbocycles. The van der Waals surface area contributed by atoms with Crippen molar-refractivity contribution in [1.82, 2.24) is 0 Å². The molecule has 2 aromatic rings. The quantitative estimate of drug-likeness (QED) is 0.684. The largest absolute Gasteiger partial charge is 0.457 e. The molecule has 0 amide bonds. The van der Waals surface area contributed by atoms with E-state index in [4.69, 9.17) is 10.5 Å². The van der Waals surface area contributed by atoms with Gasteiger partial charge in [-0.1, -0.05) is 15.9 Å². The van der Waals surface area contributed by atoms with E-state index >= 15 is 0 Å². The summed E-state index contributed by atoms with van der Waals surface area (Å²) in [4.78, 5) is 11.7. The van der Waals surface area contributed by atoms with Crippen LogP contribution in [0.25, 0.3) is 0 Å². The fraction of sp³-hybridized carbons (Fsp3) is 0.0714. The summed E-state index contributed by atoms with van der Waals surface area (Å²) in [7, 11) is 0. The van der Waals surface area contributed by atoms with Gasteiger partial charge in [-0.05, 0) is 42.0 Å². The average Bonchev–Trinajstić information content (AvgIpc) is 2.38. The Labute approximate surface area is 122 Å². The van der Waals surface area contributed by atoms with Crippen LogP contribution in [0.3, 0.4) is 0 Å². The van der Waals surface area contributed by atoms with E-state index in [-0.39, 0.29) is 17.9 Å². The van der Waals surface area contributed by atoms with Gasteiger partial charge in [-0.15, -0.1) is 0 Å². The Morgan fingerprint density at radius 1 is 1.20 bits per heavy atom. The standard InChI is InChI=1S/C14H10BrF2NO2/c15-9-3-8(4-10(16)5-9)7-20-14(19)12-6-11(18)1-2-13(12)17/h1-6H,7,18H2. The number of anilines is 1. The van der Waals surface area contributed by atoms with Crippen molar-refractivity contribution in [2.24, 2.45) is 0 Å². The summed E-state index contributed by atoms with van der Waals surface area (Å²) in [5, 5.41) is 0. The van der Waals surface area contributed by atoms with Gasteiger partial charge in [0.05, 0.1) is 5.56 Å². The summed E-state index contributed by atoms with van der Waals surface area (Å²) in [5.41, 5.74) is 5.94. The molecule has 0 aliphatic heterocycles. The predicted molar refractivity (Wildman–Crippen MR) is 74.0 cm³/mol. The third-order valence-corrected chi connectivity index (χ3v) is 2.96. The molecule has 0 saturated heterocycles. The maximum atomic E-state index is 13.5. The summed E-state index contributed by atoms with van der Waals surface area (Å²) in [6.45, 7) is -0.163. The minimum Gasteiger partial charge on any atom is -0.457 e. The van der Waals surface area contributed by atoms with Crippen molar-refractivity contribution < 1.29 is 18.3 Å². The minimum atomic E-state index is -0.852.